The fourth-order valence-corrected chi connectivity index (χ4v) is 0.784. The SMILES string of the molecule is CN(N)C(=O)c1ccccc1.Cl. The lowest BCUT2D eigenvalue weighted by atomic mass is 10.2. The maximum absolute atomic E-state index is 11.1. The van der Waals surface area contributed by atoms with Gasteiger partial charge in [-0.1, -0.05) is 18.2 Å². The molecule has 0 aliphatic heterocycles. The Morgan fingerprint density at radius 2 is 1.83 bits per heavy atom. The Morgan fingerprint density at radius 1 is 1.33 bits per heavy atom. The van der Waals surface area contributed by atoms with Gasteiger partial charge in [-0.25, -0.2) is 5.84 Å². The highest BCUT2D eigenvalue weighted by Crippen LogP contribution is 1.99. The van der Waals surface area contributed by atoms with Crippen LogP contribution in [0, 0.1) is 0 Å². The minimum Gasteiger partial charge on any atom is -0.280 e. The van der Waals surface area contributed by atoms with Gasteiger partial charge < -0.3 is 0 Å². The summed E-state index contributed by atoms with van der Waals surface area (Å²) in [7, 11) is 1.52. The van der Waals surface area contributed by atoms with Crippen LogP contribution in [0.4, 0.5) is 0 Å². The van der Waals surface area contributed by atoms with E-state index in [1.54, 1.807) is 24.3 Å². The molecule has 1 amide bonds. The minimum absolute atomic E-state index is 0. The fraction of sp³-hybridized carbons (Fsp3) is 0.125. The van der Waals surface area contributed by atoms with Gasteiger partial charge in [0.05, 0.1) is 0 Å². The minimum atomic E-state index is -0.175. The van der Waals surface area contributed by atoms with Crippen molar-refractivity contribution >= 4 is 18.3 Å². The van der Waals surface area contributed by atoms with Crippen molar-refractivity contribution in [3.05, 3.63) is 35.9 Å². The standard InChI is InChI=1S/C8H10N2O.ClH/c1-10(9)8(11)7-5-3-2-4-6-7;/h2-6H,9H2,1H3;1H. The number of amides is 1. The quantitative estimate of drug-likeness (QED) is 0.405. The van der Waals surface area contributed by atoms with Crippen molar-refractivity contribution in [1.82, 2.24) is 5.01 Å². The molecule has 0 saturated carbocycles. The molecule has 0 unspecified atom stereocenters. The Bertz CT molecular complexity index is 248. The van der Waals surface area contributed by atoms with Crippen LogP contribution in [-0.4, -0.2) is 18.0 Å². The highest BCUT2D eigenvalue weighted by atomic mass is 35.5. The topological polar surface area (TPSA) is 46.3 Å². The lowest BCUT2D eigenvalue weighted by Gasteiger charge is -2.08. The number of halogens is 1. The third-order valence-electron chi connectivity index (χ3n) is 1.34. The smallest absolute Gasteiger partial charge is 0.267 e. The predicted molar refractivity (Wildman–Crippen MR) is 50.0 cm³/mol. The van der Waals surface area contributed by atoms with Crippen LogP contribution in [0.25, 0.3) is 0 Å². The van der Waals surface area contributed by atoms with Crippen LogP contribution in [-0.2, 0) is 0 Å². The molecule has 0 atom stereocenters. The zero-order valence-corrected chi connectivity index (χ0v) is 7.54. The van der Waals surface area contributed by atoms with E-state index in [-0.39, 0.29) is 18.3 Å². The van der Waals surface area contributed by atoms with E-state index in [4.69, 9.17) is 5.84 Å². The second-order valence-electron chi connectivity index (χ2n) is 2.28. The van der Waals surface area contributed by atoms with Crippen LogP contribution in [0.3, 0.4) is 0 Å². The van der Waals surface area contributed by atoms with Gasteiger partial charge in [-0.05, 0) is 12.1 Å². The lowest BCUT2D eigenvalue weighted by molar-refractivity contribution is 0.0795. The molecule has 0 bridgehead atoms. The molecular weight excluding hydrogens is 176 g/mol. The van der Waals surface area contributed by atoms with Gasteiger partial charge in [-0.15, -0.1) is 12.4 Å². The van der Waals surface area contributed by atoms with Crippen LogP contribution in [0.1, 0.15) is 10.4 Å². The van der Waals surface area contributed by atoms with Crippen LogP contribution in [0.2, 0.25) is 0 Å². The maximum Gasteiger partial charge on any atom is 0.267 e. The van der Waals surface area contributed by atoms with Crippen molar-refractivity contribution in [1.29, 1.82) is 0 Å². The maximum atomic E-state index is 11.1. The van der Waals surface area contributed by atoms with Gasteiger partial charge in [0.2, 0.25) is 0 Å². The predicted octanol–water partition coefficient (Wildman–Crippen LogP) is 1.05. The lowest BCUT2D eigenvalue weighted by Crippen LogP contribution is -2.32. The largest absolute Gasteiger partial charge is 0.280 e. The molecular formula is C8H11ClN2O. The first-order valence-electron chi connectivity index (χ1n) is 3.29. The molecule has 1 aromatic carbocycles. The van der Waals surface area contributed by atoms with Crippen molar-refractivity contribution in [2.75, 3.05) is 7.05 Å². The summed E-state index contributed by atoms with van der Waals surface area (Å²) in [6.07, 6.45) is 0. The molecule has 1 rings (SSSR count). The summed E-state index contributed by atoms with van der Waals surface area (Å²) in [6.45, 7) is 0. The van der Waals surface area contributed by atoms with Crippen LogP contribution >= 0.6 is 12.4 Å². The number of nitrogens with two attached hydrogens (primary N) is 1. The van der Waals surface area contributed by atoms with Crippen molar-refractivity contribution in [2.24, 2.45) is 5.84 Å². The number of carbonyl (C=O) groups excluding carboxylic acids is 1. The van der Waals surface area contributed by atoms with Crippen molar-refractivity contribution in [2.45, 2.75) is 0 Å². The van der Waals surface area contributed by atoms with Gasteiger partial charge in [0.1, 0.15) is 0 Å². The highest BCUT2D eigenvalue weighted by Gasteiger charge is 2.05. The normalized spacial score (nSPS) is 8.50. The van der Waals surface area contributed by atoms with E-state index < -0.39 is 0 Å². The zero-order chi connectivity index (χ0) is 8.27. The Labute approximate surface area is 77.5 Å². The number of hydrogen-bond acceptors (Lipinski definition) is 2. The molecule has 0 heterocycles. The average Bonchev–Trinajstić information content (AvgIpc) is 2.05. The first-order valence-corrected chi connectivity index (χ1v) is 3.29. The molecule has 0 spiro atoms. The van der Waals surface area contributed by atoms with Gasteiger partial charge in [0.25, 0.3) is 5.91 Å². The van der Waals surface area contributed by atoms with Gasteiger partial charge in [-0.2, -0.15) is 0 Å². The van der Waals surface area contributed by atoms with E-state index in [9.17, 15) is 4.79 Å². The molecule has 0 aromatic heterocycles. The Kier molecular flexibility index (Phi) is 4.33. The summed E-state index contributed by atoms with van der Waals surface area (Å²) < 4.78 is 0. The van der Waals surface area contributed by atoms with Crippen LogP contribution < -0.4 is 5.84 Å². The molecule has 4 heteroatoms. The summed E-state index contributed by atoms with van der Waals surface area (Å²) in [5.41, 5.74) is 0.609. The Hall–Kier alpha value is -1.06. The molecule has 0 aliphatic carbocycles. The first kappa shape index (κ1) is 10.9. The van der Waals surface area contributed by atoms with E-state index >= 15 is 0 Å². The van der Waals surface area contributed by atoms with Crippen LogP contribution in [0.15, 0.2) is 30.3 Å². The number of hydrogen-bond donors (Lipinski definition) is 1. The second-order valence-corrected chi connectivity index (χ2v) is 2.28. The van der Waals surface area contributed by atoms with E-state index in [0.717, 1.165) is 5.01 Å². The summed E-state index contributed by atoms with van der Waals surface area (Å²) in [4.78, 5) is 11.1. The third-order valence-corrected chi connectivity index (χ3v) is 1.34. The molecule has 0 saturated heterocycles. The molecule has 1 aromatic rings. The first-order chi connectivity index (χ1) is 5.22. The van der Waals surface area contributed by atoms with Crippen LogP contribution in [0.5, 0.6) is 0 Å². The molecule has 66 valence electrons. The molecule has 3 nitrogen and oxygen atoms in total. The fourth-order valence-electron chi connectivity index (χ4n) is 0.784. The Balaban J connectivity index is 0.00000121. The number of nitrogens with zero attached hydrogens (tertiary/aromatic N) is 1. The van der Waals surface area contributed by atoms with E-state index in [1.165, 1.54) is 7.05 Å². The van der Waals surface area contributed by atoms with Crippen molar-refractivity contribution < 1.29 is 4.79 Å². The zero-order valence-electron chi connectivity index (χ0n) is 6.73. The number of carbonyl (C=O) groups is 1. The number of benzene rings is 1. The molecule has 12 heavy (non-hydrogen) atoms. The molecule has 2 N–H and O–H groups in total. The number of hydrazine groups is 1. The Morgan fingerprint density at radius 3 is 2.25 bits per heavy atom. The van der Waals surface area contributed by atoms with E-state index in [0.29, 0.717) is 5.56 Å². The molecule has 0 radical (unpaired) electrons. The summed E-state index contributed by atoms with van der Waals surface area (Å²) in [6, 6.07) is 8.91. The van der Waals surface area contributed by atoms with Gasteiger partial charge in [0.15, 0.2) is 0 Å². The monoisotopic (exact) mass is 186 g/mol. The second kappa shape index (κ2) is 4.74. The third kappa shape index (κ3) is 2.53. The summed E-state index contributed by atoms with van der Waals surface area (Å²) in [5, 5.41) is 1.06. The summed E-state index contributed by atoms with van der Waals surface area (Å²) in [5.74, 6) is 5.08. The summed E-state index contributed by atoms with van der Waals surface area (Å²) >= 11 is 0. The van der Waals surface area contributed by atoms with E-state index in [2.05, 4.69) is 0 Å². The van der Waals surface area contributed by atoms with Crippen molar-refractivity contribution in [3.63, 3.8) is 0 Å². The highest BCUT2D eigenvalue weighted by molar-refractivity contribution is 5.93. The van der Waals surface area contributed by atoms with E-state index in [1.807, 2.05) is 6.07 Å². The molecule has 0 fully saturated rings. The number of rotatable bonds is 1. The van der Waals surface area contributed by atoms with Gasteiger partial charge >= 0.3 is 0 Å². The van der Waals surface area contributed by atoms with Crippen molar-refractivity contribution in [3.8, 4) is 0 Å². The van der Waals surface area contributed by atoms with Gasteiger partial charge in [0, 0.05) is 12.6 Å². The van der Waals surface area contributed by atoms with Gasteiger partial charge in [-0.3, -0.25) is 9.80 Å². The average molecular weight is 187 g/mol. The molecule has 0 aliphatic rings.